The standard InChI is InChI=1S/C17H20N4O2S/c1-13(16-18-19-17(23-16)15-5-3-11-24-15)21-8-6-20(7-9-21)12-14-4-2-10-22-14/h2-5,10-11,13H,6-9,12H2,1H3/t13-/m0/s1. The van der Waals surface area contributed by atoms with Crippen molar-refractivity contribution in [2.45, 2.75) is 19.5 Å². The molecule has 1 fully saturated rings. The molecule has 1 aliphatic heterocycles. The van der Waals surface area contributed by atoms with Gasteiger partial charge >= 0.3 is 0 Å². The molecular weight excluding hydrogens is 324 g/mol. The minimum absolute atomic E-state index is 0.136. The van der Waals surface area contributed by atoms with Crippen molar-refractivity contribution in [1.29, 1.82) is 0 Å². The maximum atomic E-state index is 5.87. The number of nitrogens with zero attached hydrogens (tertiary/aromatic N) is 4. The SMILES string of the molecule is C[C@@H](c1nnc(-c2cccs2)o1)N1CCN(Cc2ccco2)CC1. The van der Waals surface area contributed by atoms with Crippen molar-refractivity contribution in [3.05, 3.63) is 47.6 Å². The molecule has 1 atom stereocenters. The van der Waals surface area contributed by atoms with Gasteiger partial charge in [0.1, 0.15) is 5.76 Å². The van der Waals surface area contributed by atoms with E-state index in [0.29, 0.717) is 11.8 Å². The molecule has 0 aliphatic carbocycles. The highest BCUT2D eigenvalue weighted by Gasteiger charge is 2.26. The topological polar surface area (TPSA) is 58.5 Å². The first-order valence-electron chi connectivity index (χ1n) is 8.15. The maximum absolute atomic E-state index is 5.87. The van der Waals surface area contributed by atoms with E-state index in [-0.39, 0.29) is 6.04 Å². The molecule has 3 aromatic rings. The molecule has 3 aromatic heterocycles. The lowest BCUT2D eigenvalue weighted by molar-refractivity contribution is 0.0837. The molecule has 1 saturated heterocycles. The smallest absolute Gasteiger partial charge is 0.257 e. The van der Waals surface area contributed by atoms with Gasteiger partial charge in [-0.1, -0.05) is 6.07 Å². The average Bonchev–Trinajstić information content (AvgIpc) is 3.36. The Kier molecular flexibility index (Phi) is 4.46. The third-order valence-electron chi connectivity index (χ3n) is 4.44. The third kappa shape index (κ3) is 3.28. The van der Waals surface area contributed by atoms with Gasteiger partial charge in [-0.15, -0.1) is 21.5 Å². The van der Waals surface area contributed by atoms with Crippen LogP contribution in [0.2, 0.25) is 0 Å². The second-order valence-corrected chi connectivity index (χ2v) is 6.94. The Hall–Kier alpha value is -1.96. The van der Waals surface area contributed by atoms with E-state index < -0.39 is 0 Å². The van der Waals surface area contributed by atoms with Crippen molar-refractivity contribution in [3.8, 4) is 10.8 Å². The number of aromatic nitrogens is 2. The summed E-state index contributed by atoms with van der Waals surface area (Å²) in [6, 6.07) is 8.09. The lowest BCUT2D eigenvalue weighted by Crippen LogP contribution is -2.46. The van der Waals surface area contributed by atoms with Crippen LogP contribution in [0.5, 0.6) is 0 Å². The normalized spacial score (nSPS) is 18.0. The molecule has 0 amide bonds. The van der Waals surface area contributed by atoms with Crippen molar-refractivity contribution in [2.75, 3.05) is 26.2 Å². The van der Waals surface area contributed by atoms with E-state index in [1.807, 2.05) is 29.6 Å². The van der Waals surface area contributed by atoms with Crippen LogP contribution in [0.1, 0.15) is 24.6 Å². The Morgan fingerprint density at radius 2 is 2.04 bits per heavy atom. The summed E-state index contributed by atoms with van der Waals surface area (Å²) in [6.45, 7) is 7.00. The van der Waals surface area contributed by atoms with E-state index in [0.717, 1.165) is 43.4 Å². The minimum Gasteiger partial charge on any atom is -0.468 e. The summed E-state index contributed by atoms with van der Waals surface area (Å²) < 4.78 is 11.3. The highest BCUT2D eigenvalue weighted by Crippen LogP contribution is 2.27. The quantitative estimate of drug-likeness (QED) is 0.708. The Balaban J connectivity index is 1.35. The second-order valence-electron chi connectivity index (χ2n) is 5.99. The zero-order valence-electron chi connectivity index (χ0n) is 13.6. The van der Waals surface area contributed by atoms with Crippen LogP contribution in [0.15, 0.2) is 44.7 Å². The molecule has 0 aromatic carbocycles. The zero-order chi connectivity index (χ0) is 16.4. The van der Waals surface area contributed by atoms with Gasteiger partial charge in [0.05, 0.1) is 23.7 Å². The molecule has 0 unspecified atom stereocenters. The summed E-state index contributed by atoms with van der Waals surface area (Å²) in [7, 11) is 0. The zero-order valence-corrected chi connectivity index (χ0v) is 14.4. The fourth-order valence-electron chi connectivity index (χ4n) is 2.99. The number of piperazine rings is 1. The third-order valence-corrected chi connectivity index (χ3v) is 5.30. The van der Waals surface area contributed by atoms with E-state index in [9.17, 15) is 0 Å². The number of rotatable bonds is 5. The number of hydrogen-bond acceptors (Lipinski definition) is 7. The van der Waals surface area contributed by atoms with E-state index in [1.165, 1.54) is 0 Å². The summed E-state index contributed by atoms with van der Waals surface area (Å²) >= 11 is 1.61. The monoisotopic (exact) mass is 344 g/mol. The molecular formula is C17H20N4O2S. The van der Waals surface area contributed by atoms with Crippen LogP contribution >= 0.6 is 11.3 Å². The van der Waals surface area contributed by atoms with Crippen LogP contribution in [-0.2, 0) is 6.54 Å². The number of thiophene rings is 1. The van der Waals surface area contributed by atoms with Crippen molar-refractivity contribution in [2.24, 2.45) is 0 Å². The van der Waals surface area contributed by atoms with E-state index >= 15 is 0 Å². The van der Waals surface area contributed by atoms with Gasteiger partial charge in [-0.2, -0.15) is 0 Å². The van der Waals surface area contributed by atoms with Crippen LogP contribution in [0.3, 0.4) is 0 Å². The molecule has 4 heterocycles. The van der Waals surface area contributed by atoms with Crippen molar-refractivity contribution < 1.29 is 8.83 Å². The molecule has 1 aliphatic rings. The number of furan rings is 1. The van der Waals surface area contributed by atoms with Crippen LogP contribution in [0.4, 0.5) is 0 Å². The Bertz CT molecular complexity index is 746. The average molecular weight is 344 g/mol. The summed E-state index contributed by atoms with van der Waals surface area (Å²) in [5.41, 5.74) is 0. The van der Waals surface area contributed by atoms with Crippen LogP contribution in [0, 0.1) is 0 Å². The van der Waals surface area contributed by atoms with E-state index in [4.69, 9.17) is 8.83 Å². The fourth-order valence-corrected chi connectivity index (χ4v) is 3.64. The summed E-state index contributed by atoms with van der Waals surface area (Å²) in [6.07, 6.45) is 1.73. The van der Waals surface area contributed by atoms with Crippen molar-refractivity contribution in [1.82, 2.24) is 20.0 Å². The maximum Gasteiger partial charge on any atom is 0.257 e. The lowest BCUT2D eigenvalue weighted by Gasteiger charge is -2.36. The van der Waals surface area contributed by atoms with Crippen molar-refractivity contribution in [3.63, 3.8) is 0 Å². The van der Waals surface area contributed by atoms with Crippen LogP contribution in [0.25, 0.3) is 10.8 Å². The molecule has 0 saturated carbocycles. The van der Waals surface area contributed by atoms with Gasteiger partial charge in [0.15, 0.2) is 0 Å². The summed E-state index contributed by atoms with van der Waals surface area (Å²) in [5.74, 6) is 2.33. The lowest BCUT2D eigenvalue weighted by atomic mass is 10.2. The molecule has 24 heavy (non-hydrogen) atoms. The second kappa shape index (κ2) is 6.88. The Morgan fingerprint density at radius 3 is 2.75 bits per heavy atom. The van der Waals surface area contributed by atoms with Gasteiger partial charge in [0.25, 0.3) is 5.89 Å². The first-order chi connectivity index (χ1) is 11.8. The largest absolute Gasteiger partial charge is 0.468 e. The van der Waals surface area contributed by atoms with Gasteiger partial charge in [-0.3, -0.25) is 9.80 Å². The summed E-state index contributed by atoms with van der Waals surface area (Å²) in [4.78, 5) is 5.82. The Labute approximate surface area is 144 Å². The van der Waals surface area contributed by atoms with Gasteiger partial charge in [0, 0.05) is 26.2 Å². The first kappa shape index (κ1) is 15.6. The van der Waals surface area contributed by atoms with Crippen molar-refractivity contribution >= 4 is 11.3 Å². The molecule has 0 bridgehead atoms. The molecule has 126 valence electrons. The fraction of sp³-hybridized carbons (Fsp3) is 0.412. The van der Waals surface area contributed by atoms with Crippen LogP contribution in [-0.4, -0.2) is 46.2 Å². The van der Waals surface area contributed by atoms with Gasteiger partial charge in [-0.25, -0.2) is 0 Å². The highest BCUT2D eigenvalue weighted by atomic mass is 32.1. The number of hydrogen-bond donors (Lipinski definition) is 0. The molecule has 7 heteroatoms. The predicted molar refractivity (Wildman–Crippen MR) is 91.6 cm³/mol. The van der Waals surface area contributed by atoms with Crippen LogP contribution < -0.4 is 0 Å². The van der Waals surface area contributed by atoms with Gasteiger partial charge < -0.3 is 8.83 Å². The summed E-state index contributed by atoms with van der Waals surface area (Å²) in [5, 5.41) is 10.4. The van der Waals surface area contributed by atoms with Gasteiger partial charge in [0.2, 0.25) is 5.89 Å². The molecule has 4 rings (SSSR count). The predicted octanol–water partition coefficient (Wildman–Crippen LogP) is 3.27. The minimum atomic E-state index is 0.136. The van der Waals surface area contributed by atoms with E-state index in [2.05, 4.69) is 26.9 Å². The molecule has 6 nitrogen and oxygen atoms in total. The van der Waals surface area contributed by atoms with Gasteiger partial charge in [-0.05, 0) is 30.5 Å². The highest BCUT2D eigenvalue weighted by molar-refractivity contribution is 7.13. The van der Waals surface area contributed by atoms with E-state index in [1.54, 1.807) is 17.6 Å². The molecule has 0 radical (unpaired) electrons. The Morgan fingerprint density at radius 1 is 1.17 bits per heavy atom. The first-order valence-corrected chi connectivity index (χ1v) is 9.03. The molecule has 0 spiro atoms. The molecule has 0 N–H and O–H groups in total.